The maximum Gasteiger partial charge on any atom is 0.416 e. The number of benzene rings is 1. The van der Waals surface area contributed by atoms with Gasteiger partial charge < -0.3 is 5.73 Å². The molecule has 0 heterocycles. The molecule has 0 radical (unpaired) electrons. The number of halogens is 3. The molecule has 96 valence electrons. The maximum absolute atomic E-state index is 12.2. The average Bonchev–Trinajstić information content (AvgIpc) is 2.25. The van der Waals surface area contributed by atoms with Gasteiger partial charge in [-0.05, 0) is 24.3 Å². The average molecular weight is 268 g/mol. The van der Waals surface area contributed by atoms with Gasteiger partial charge in [0.2, 0.25) is 10.0 Å². The van der Waals surface area contributed by atoms with Gasteiger partial charge >= 0.3 is 6.18 Å². The molecule has 4 nitrogen and oxygen atoms in total. The molecule has 1 aromatic rings. The SMILES string of the molecule is NCCNS(=O)(=O)c1ccc(C(F)(F)F)cc1. The third kappa shape index (κ3) is 3.69. The molecule has 0 atom stereocenters. The van der Waals surface area contributed by atoms with Crippen LogP contribution in [0.25, 0.3) is 0 Å². The number of hydrogen-bond acceptors (Lipinski definition) is 3. The number of nitrogens with two attached hydrogens (primary N) is 1. The van der Waals surface area contributed by atoms with Crippen LogP contribution in [0.1, 0.15) is 5.56 Å². The Balaban J connectivity index is 2.95. The highest BCUT2D eigenvalue weighted by Gasteiger charge is 2.30. The Bertz CT molecular complexity index is 468. The van der Waals surface area contributed by atoms with Crippen LogP contribution in [0, 0.1) is 0 Å². The van der Waals surface area contributed by atoms with Gasteiger partial charge in [-0.25, -0.2) is 13.1 Å². The highest BCUT2D eigenvalue weighted by atomic mass is 32.2. The Morgan fingerprint density at radius 1 is 1.18 bits per heavy atom. The van der Waals surface area contributed by atoms with Crippen molar-refractivity contribution in [2.45, 2.75) is 11.1 Å². The molecule has 8 heteroatoms. The van der Waals surface area contributed by atoms with Crippen LogP contribution in [-0.2, 0) is 16.2 Å². The van der Waals surface area contributed by atoms with Crippen molar-refractivity contribution in [2.75, 3.05) is 13.1 Å². The van der Waals surface area contributed by atoms with E-state index in [-0.39, 0.29) is 18.0 Å². The number of hydrogen-bond donors (Lipinski definition) is 2. The van der Waals surface area contributed by atoms with E-state index < -0.39 is 21.8 Å². The zero-order valence-electron chi connectivity index (χ0n) is 8.66. The van der Waals surface area contributed by atoms with E-state index in [1.54, 1.807) is 0 Å². The number of sulfonamides is 1. The Morgan fingerprint density at radius 2 is 1.71 bits per heavy atom. The molecule has 0 aromatic heterocycles. The van der Waals surface area contributed by atoms with Gasteiger partial charge in [-0.2, -0.15) is 13.2 Å². The van der Waals surface area contributed by atoms with E-state index in [0.29, 0.717) is 0 Å². The van der Waals surface area contributed by atoms with Crippen molar-refractivity contribution >= 4 is 10.0 Å². The first kappa shape index (κ1) is 13.9. The van der Waals surface area contributed by atoms with Crippen molar-refractivity contribution in [1.29, 1.82) is 0 Å². The predicted octanol–water partition coefficient (Wildman–Crippen LogP) is 0.942. The smallest absolute Gasteiger partial charge is 0.329 e. The molecule has 0 aliphatic carbocycles. The number of alkyl halides is 3. The second-order valence-corrected chi connectivity index (χ2v) is 4.98. The monoisotopic (exact) mass is 268 g/mol. The first-order valence-corrected chi connectivity index (χ1v) is 6.12. The van der Waals surface area contributed by atoms with Crippen molar-refractivity contribution in [3.63, 3.8) is 0 Å². The molecule has 0 saturated heterocycles. The Labute approximate surface area is 96.7 Å². The fraction of sp³-hybridized carbons (Fsp3) is 0.333. The summed E-state index contributed by atoms with van der Waals surface area (Å²) in [4.78, 5) is -0.223. The lowest BCUT2D eigenvalue weighted by molar-refractivity contribution is -0.137. The molecule has 0 aliphatic heterocycles. The Hall–Kier alpha value is -1.12. The first-order valence-electron chi connectivity index (χ1n) is 4.64. The molecule has 0 fully saturated rings. The second-order valence-electron chi connectivity index (χ2n) is 3.21. The van der Waals surface area contributed by atoms with Crippen LogP contribution in [0.2, 0.25) is 0 Å². The summed E-state index contributed by atoms with van der Waals surface area (Å²) in [5.74, 6) is 0. The minimum atomic E-state index is -4.48. The highest BCUT2D eigenvalue weighted by molar-refractivity contribution is 7.89. The van der Waals surface area contributed by atoms with Crippen LogP contribution in [-0.4, -0.2) is 21.5 Å². The molecule has 0 unspecified atom stereocenters. The molecular formula is C9H11F3N2O2S. The van der Waals surface area contributed by atoms with Crippen LogP contribution in [0.4, 0.5) is 13.2 Å². The number of nitrogens with one attached hydrogen (secondary N) is 1. The van der Waals surface area contributed by atoms with E-state index in [2.05, 4.69) is 4.72 Å². The quantitative estimate of drug-likeness (QED) is 0.853. The fourth-order valence-corrected chi connectivity index (χ4v) is 2.15. The van der Waals surface area contributed by atoms with Crippen LogP contribution in [0.15, 0.2) is 29.2 Å². The zero-order valence-corrected chi connectivity index (χ0v) is 9.48. The predicted molar refractivity (Wildman–Crippen MR) is 55.7 cm³/mol. The third-order valence-corrected chi connectivity index (χ3v) is 3.41. The van der Waals surface area contributed by atoms with E-state index >= 15 is 0 Å². The van der Waals surface area contributed by atoms with Gasteiger partial charge in [0.05, 0.1) is 10.5 Å². The molecule has 0 aliphatic rings. The first-order chi connectivity index (χ1) is 7.77. The summed E-state index contributed by atoms with van der Waals surface area (Å²) < 4.78 is 61.9. The van der Waals surface area contributed by atoms with Gasteiger partial charge in [-0.3, -0.25) is 0 Å². The largest absolute Gasteiger partial charge is 0.416 e. The number of rotatable bonds is 4. The lowest BCUT2D eigenvalue weighted by Crippen LogP contribution is -2.29. The van der Waals surface area contributed by atoms with Crippen molar-refractivity contribution in [1.82, 2.24) is 4.72 Å². The molecule has 0 spiro atoms. The summed E-state index contributed by atoms with van der Waals surface area (Å²) in [6.45, 7) is 0.142. The fourth-order valence-electron chi connectivity index (χ4n) is 1.10. The summed E-state index contributed by atoms with van der Waals surface area (Å²) in [5, 5.41) is 0. The molecule has 0 bridgehead atoms. The van der Waals surface area contributed by atoms with E-state index in [1.807, 2.05) is 0 Å². The molecular weight excluding hydrogens is 257 g/mol. The van der Waals surface area contributed by atoms with Crippen molar-refractivity contribution in [3.05, 3.63) is 29.8 Å². The van der Waals surface area contributed by atoms with Gasteiger partial charge in [0.15, 0.2) is 0 Å². The maximum atomic E-state index is 12.2. The molecule has 0 amide bonds. The van der Waals surface area contributed by atoms with E-state index in [0.717, 1.165) is 24.3 Å². The van der Waals surface area contributed by atoms with E-state index in [4.69, 9.17) is 5.73 Å². The summed E-state index contributed by atoms with van der Waals surface area (Å²) in [7, 11) is -3.78. The van der Waals surface area contributed by atoms with E-state index in [9.17, 15) is 21.6 Å². The molecule has 3 N–H and O–H groups in total. The molecule has 1 rings (SSSR count). The van der Waals surface area contributed by atoms with Gasteiger partial charge in [0.25, 0.3) is 0 Å². The standard InChI is InChI=1S/C9H11F3N2O2S/c10-9(11,12)7-1-3-8(4-2-7)17(15,16)14-6-5-13/h1-4,14H,5-6,13H2. The van der Waals surface area contributed by atoms with Crippen molar-refractivity contribution in [3.8, 4) is 0 Å². The van der Waals surface area contributed by atoms with Crippen LogP contribution in [0.3, 0.4) is 0 Å². The third-order valence-electron chi connectivity index (χ3n) is 1.93. The Kier molecular flexibility index (Phi) is 4.12. The van der Waals surface area contributed by atoms with Crippen molar-refractivity contribution in [2.24, 2.45) is 5.73 Å². The van der Waals surface area contributed by atoms with Gasteiger partial charge in [0.1, 0.15) is 0 Å². The molecule has 17 heavy (non-hydrogen) atoms. The summed E-state index contributed by atoms with van der Waals surface area (Å²) >= 11 is 0. The summed E-state index contributed by atoms with van der Waals surface area (Å²) in [6, 6.07) is 3.25. The lowest BCUT2D eigenvalue weighted by Gasteiger charge is -2.08. The Morgan fingerprint density at radius 3 is 2.12 bits per heavy atom. The van der Waals surface area contributed by atoms with E-state index in [1.165, 1.54) is 0 Å². The van der Waals surface area contributed by atoms with Gasteiger partial charge in [-0.1, -0.05) is 0 Å². The molecule has 1 aromatic carbocycles. The van der Waals surface area contributed by atoms with Gasteiger partial charge in [0, 0.05) is 13.1 Å². The topological polar surface area (TPSA) is 72.2 Å². The van der Waals surface area contributed by atoms with Gasteiger partial charge in [-0.15, -0.1) is 0 Å². The lowest BCUT2D eigenvalue weighted by atomic mass is 10.2. The van der Waals surface area contributed by atoms with Crippen LogP contribution >= 0.6 is 0 Å². The van der Waals surface area contributed by atoms with Crippen LogP contribution in [0.5, 0.6) is 0 Å². The second kappa shape index (κ2) is 5.03. The summed E-state index contributed by atoms with van der Waals surface area (Å²) in [6.07, 6.45) is -4.48. The van der Waals surface area contributed by atoms with Crippen molar-refractivity contribution < 1.29 is 21.6 Å². The normalized spacial score (nSPS) is 12.7. The highest BCUT2D eigenvalue weighted by Crippen LogP contribution is 2.29. The minimum absolute atomic E-state index is 0.0311. The zero-order chi connectivity index (χ0) is 13.1. The van der Waals surface area contributed by atoms with Crippen LogP contribution < -0.4 is 10.5 Å². The molecule has 0 saturated carbocycles. The minimum Gasteiger partial charge on any atom is -0.329 e. The summed E-state index contributed by atoms with van der Waals surface area (Å²) in [5.41, 5.74) is 4.23.